The van der Waals surface area contributed by atoms with Gasteiger partial charge in [0.15, 0.2) is 0 Å². The van der Waals surface area contributed by atoms with E-state index in [1.165, 1.54) is 6.07 Å². The summed E-state index contributed by atoms with van der Waals surface area (Å²) in [6, 6.07) is 10.9. The Morgan fingerprint density at radius 1 is 1.22 bits per heavy atom. The van der Waals surface area contributed by atoms with Gasteiger partial charge in [-0.25, -0.2) is 9.78 Å². The summed E-state index contributed by atoms with van der Waals surface area (Å²) >= 11 is 7.40. The zero-order valence-electron chi connectivity index (χ0n) is 9.34. The third-order valence-electron chi connectivity index (χ3n) is 2.27. The van der Waals surface area contributed by atoms with E-state index in [0.717, 1.165) is 21.2 Å². The fourth-order valence-corrected chi connectivity index (χ4v) is 2.28. The highest BCUT2D eigenvalue weighted by Gasteiger charge is 2.03. The number of thioether (sulfide) groups is 1. The predicted molar refractivity (Wildman–Crippen MR) is 72.2 cm³/mol. The van der Waals surface area contributed by atoms with Crippen molar-refractivity contribution in [1.29, 1.82) is 0 Å². The summed E-state index contributed by atoms with van der Waals surface area (Å²) in [5.74, 6) is -0.213. The molecule has 1 aromatic heterocycles. The fourth-order valence-electron chi connectivity index (χ4n) is 1.34. The maximum atomic E-state index is 10.6. The van der Waals surface area contributed by atoms with Gasteiger partial charge in [0.1, 0.15) is 5.69 Å². The van der Waals surface area contributed by atoms with E-state index in [-0.39, 0.29) is 5.69 Å². The molecule has 0 radical (unpaired) electrons. The normalized spacial score (nSPS) is 10.3. The quantitative estimate of drug-likeness (QED) is 0.867. The summed E-state index contributed by atoms with van der Waals surface area (Å²) in [7, 11) is 0. The number of carbonyl (C=O) groups is 1. The van der Waals surface area contributed by atoms with Gasteiger partial charge in [-0.1, -0.05) is 23.7 Å². The van der Waals surface area contributed by atoms with Gasteiger partial charge < -0.3 is 5.11 Å². The molecule has 0 saturated carbocycles. The summed E-state index contributed by atoms with van der Waals surface area (Å²) in [5, 5.41) is 9.45. The number of benzene rings is 1. The van der Waals surface area contributed by atoms with Gasteiger partial charge >= 0.3 is 5.97 Å². The van der Waals surface area contributed by atoms with Crippen molar-refractivity contribution in [1.82, 2.24) is 4.98 Å². The van der Waals surface area contributed by atoms with E-state index in [1.807, 2.05) is 24.3 Å². The van der Waals surface area contributed by atoms with Crippen molar-refractivity contribution in [2.24, 2.45) is 0 Å². The number of nitrogens with zero attached hydrogens (tertiary/aromatic N) is 1. The maximum Gasteiger partial charge on any atom is 0.354 e. The molecule has 0 bridgehead atoms. The highest BCUT2D eigenvalue weighted by molar-refractivity contribution is 7.98. The monoisotopic (exact) mass is 279 g/mol. The molecule has 0 amide bonds. The van der Waals surface area contributed by atoms with Crippen LogP contribution in [-0.4, -0.2) is 16.1 Å². The zero-order valence-corrected chi connectivity index (χ0v) is 10.9. The highest BCUT2D eigenvalue weighted by atomic mass is 35.5. The third kappa shape index (κ3) is 3.48. The van der Waals surface area contributed by atoms with Gasteiger partial charge in [-0.2, -0.15) is 0 Å². The van der Waals surface area contributed by atoms with Gasteiger partial charge in [0.2, 0.25) is 0 Å². The Kier molecular flexibility index (Phi) is 4.23. The summed E-state index contributed by atoms with van der Waals surface area (Å²) in [5.41, 5.74) is 1.22. The van der Waals surface area contributed by atoms with Crippen molar-refractivity contribution in [2.75, 3.05) is 0 Å². The van der Waals surface area contributed by atoms with Crippen LogP contribution in [0.5, 0.6) is 0 Å². The average Bonchev–Trinajstić information content (AvgIpc) is 2.38. The summed E-state index contributed by atoms with van der Waals surface area (Å²) < 4.78 is 0. The molecule has 1 heterocycles. The smallest absolute Gasteiger partial charge is 0.354 e. The summed E-state index contributed by atoms with van der Waals surface area (Å²) in [6.07, 6.45) is 1.57. The Bertz CT molecular complexity index is 540. The van der Waals surface area contributed by atoms with Crippen molar-refractivity contribution in [3.05, 3.63) is 58.9 Å². The van der Waals surface area contributed by atoms with Crippen molar-refractivity contribution in [3.8, 4) is 0 Å². The zero-order chi connectivity index (χ0) is 13.0. The number of hydrogen-bond donors (Lipinski definition) is 1. The summed E-state index contributed by atoms with van der Waals surface area (Å²) in [6.45, 7) is 0. The van der Waals surface area contributed by atoms with Gasteiger partial charge in [-0.05, 0) is 29.8 Å². The number of rotatable bonds is 4. The molecule has 0 saturated heterocycles. The molecule has 92 valence electrons. The maximum absolute atomic E-state index is 10.6. The first-order chi connectivity index (χ1) is 8.65. The molecule has 0 aliphatic rings. The van der Waals surface area contributed by atoms with Gasteiger partial charge in [0.05, 0.1) is 0 Å². The lowest BCUT2D eigenvalue weighted by Crippen LogP contribution is -1.98. The Hall–Kier alpha value is -1.52. The molecule has 0 spiro atoms. The number of aromatic nitrogens is 1. The van der Waals surface area contributed by atoms with Crippen LogP contribution in [-0.2, 0) is 5.75 Å². The lowest BCUT2D eigenvalue weighted by Gasteiger charge is -2.02. The molecule has 0 unspecified atom stereocenters. The Balaban J connectivity index is 1.97. The molecular weight excluding hydrogens is 270 g/mol. The highest BCUT2D eigenvalue weighted by Crippen LogP contribution is 2.22. The molecule has 18 heavy (non-hydrogen) atoms. The second kappa shape index (κ2) is 5.89. The summed E-state index contributed by atoms with van der Waals surface area (Å²) in [4.78, 5) is 15.4. The van der Waals surface area contributed by atoms with E-state index in [9.17, 15) is 4.79 Å². The number of carboxylic acid groups (broad SMARTS) is 1. The molecule has 2 rings (SSSR count). The minimum atomic E-state index is -1.01. The fraction of sp³-hybridized carbons (Fsp3) is 0.0769. The Morgan fingerprint density at radius 3 is 2.50 bits per heavy atom. The number of aromatic carboxylic acids is 1. The lowest BCUT2D eigenvalue weighted by atomic mass is 10.2. The third-order valence-corrected chi connectivity index (χ3v) is 3.58. The molecule has 0 fully saturated rings. The van der Waals surface area contributed by atoms with Crippen LogP contribution in [0.15, 0.2) is 47.5 Å². The van der Waals surface area contributed by atoms with Crippen LogP contribution < -0.4 is 0 Å². The van der Waals surface area contributed by atoms with Crippen molar-refractivity contribution < 1.29 is 9.90 Å². The van der Waals surface area contributed by atoms with E-state index >= 15 is 0 Å². The molecule has 2 aromatic rings. The van der Waals surface area contributed by atoms with E-state index in [2.05, 4.69) is 4.98 Å². The van der Waals surface area contributed by atoms with Crippen LogP contribution in [0, 0.1) is 0 Å². The minimum absolute atomic E-state index is 0.0610. The van der Waals surface area contributed by atoms with E-state index in [0.29, 0.717) is 0 Å². The molecule has 0 atom stereocenters. The molecule has 3 nitrogen and oxygen atoms in total. The first-order valence-corrected chi connectivity index (χ1v) is 6.58. The molecule has 0 aliphatic carbocycles. The average molecular weight is 280 g/mol. The van der Waals surface area contributed by atoms with Gasteiger partial charge in [-0.15, -0.1) is 11.8 Å². The van der Waals surface area contributed by atoms with Gasteiger partial charge in [0, 0.05) is 21.9 Å². The van der Waals surface area contributed by atoms with Crippen molar-refractivity contribution in [3.63, 3.8) is 0 Å². The van der Waals surface area contributed by atoms with Gasteiger partial charge in [0.25, 0.3) is 0 Å². The Labute approximate surface area is 114 Å². The topological polar surface area (TPSA) is 50.2 Å². The largest absolute Gasteiger partial charge is 0.477 e. The van der Waals surface area contributed by atoms with Crippen LogP contribution in [0.1, 0.15) is 16.1 Å². The van der Waals surface area contributed by atoms with E-state index < -0.39 is 5.97 Å². The first kappa shape index (κ1) is 12.9. The standard InChI is InChI=1S/C13H10ClNO2S/c14-10-3-1-9(2-4-10)8-18-11-5-6-12(13(16)17)15-7-11/h1-7H,8H2,(H,16,17). The molecular formula is C13H10ClNO2S. The predicted octanol–water partition coefficient (Wildman–Crippen LogP) is 3.73. The molecule has 5 heteroatoms. The van der Waals surface area contributed by atoms with Crippen molar-refractivity contribution in [2.45, 2.75) is 10.6 Å². The Morgan fingerprint density at radius 2 is 1.94 bits per heavy atom. The number of pyridine rings is 1. The van der Waals surface area contributed by atoms with Crippen LogP contribution >= 0.6 is 23.4 Å². The number of hydrogen-bond acceptors (Lipinski definition) is 3. The van der Waals surface area contributed by atoms with E-state index in [1.54, 1.807) is 24.0 Å². The SMILES string of the molecule is O=C(O)c1ccc(SCc2ccc(Cl)cc2)cn1. The first-order valence-electron chi connectivity index (χ1n) is 5.22. The molecule has 0 aliphatic heterocycles. The second-order valence-corrected chi connectivity index (χ2v) is 5.08. The molecule has 1 aromatic carbocycles. The van der Waals surface area contributed by atoms with Crippen molar-refractivity contribution >= 4 is 29.3 Å². The van der Waals surface area contributed by atoms with Crippen LogP contribution in [0.3, 0.4) is 0 Å². The second-order valence-electron chi connectivity index (χ2n) is 3.60. The lowest BCUT2D eigenvalue weighted by molar-refractivity contribution is 0.0690. The minimum Gasteiger partial charge on any atom is -0.477 e. The van der Waals surface area contributed by atoms with Crippen LogP contribution in [0.2, 0.25) is 5.02 Å². The number of halogens is 1. The van der Waals surface area contributed by atoms with Gasteiger partial charge in [-0.3, -0.25) is 0 Å². The number of carboxylic acids is 1. The van der Waals surface area contributed by atoms with Crippen LogP contribution in [0.25, 0.3) is 0 Å². The van der Waals surface area contributed by atoms with E-state index in [4.69, 9.17) is 16.7 Å². The molecule has 1 N–H and O–H groups in total. The van der Waals surface area contributed by atoms with Crippen LogP contribution in [0.4, 0.5) is 0 Å².